The van der Waals surface area contributed by atoms with Crippen molar-refractivity contribution in [1.29, 1.82) is 0 Å². The lowest BCUT2D eigenvalue weighted by Crippen LogP contribution is -2.37. The number of hydrogen-bond donors (Lipinski definition) is 2. The highest BCUT2D eigenvalue weighted by atomic mass is 127. The zero-order valence-corrected chi connectivity index (χ0v) is 17.5. The largest absolute Gasteiger partial charge is 0.356 e. The molecule has 0 bridgehead atoms. The van der Waals surface area contributed by atoms with E-state index in [9.17, 15) is 0 Å². The van der Waals surface area contributed by atoms with E-state index in [1.54, 1.807) is 0 Å². The summed E-state index contributed by atoms with van der Waals surface area (Å²) in [4.78, 5) is 6.90. The molecule has 0 saturated carbocycles. The van der Waals surface area contributed by atoms with Crippen LogP contribution in [0, 0.1) is 0 Å². The monoisotopic (exact) mass is 444 g/mol. The van der Waals surface area contributed by atoms with E-state index in [0.717, 1.165) is 25.5 Å². The number of likely N-dealkylation sites (tertiary alicyclic amines) is 1. The smallest absolute Gasteiger partial charge is 0.191 e. The molecule has 2 rings (SSSR count). The van der Waals surface area contributed by atoms with E-state index in [1.165, 1.54) is 56.4 Å². The van der Waals surface area contributed by atoms with Crippen molar-refractivity contribution in [3.05, 3.63) is 35.4 Å². The second-order valence-corrected chi connectivity index (χ2v) is 6.23. The molecule has 1 fully saturated rings. The first kappa shape index (κ1) is 21.2. The molecule has 0 aromatic heterocycles. The van der Waals surface area contributed by atoms with Crippen LogP contribution in [-0.2, 0) is 13.0 Å². The third-order valence-corrected chi connectivity index (χ3v) is 4.56. The van der Waals surface area contributed by atoms with Crippen LogP contribution < -0.4 is 10.6 Å². The van der Waals surface area contributed by atoms with Gasteiger partial charge in [-0.3, -0.25) is 4.99 Å². The molecule has 4 nitrogen and oxygen atoms in total. The van der Waals surface area contributed by atoms with Gasteiger partial charge in [-0.25, -0.2) is 0 Å². The summed E-state index contributed by atoms with van der Waals surface area (Å²) in [5, 5.41) is 6.84. The maximum atomic E-state index is 4.32. The second-order valence-electron chi connectivity index (χ2n) is 6.23. The summed E-state index contributed by atoms with van der Waals surface area (Å²) in [6.07, 6.45) is 6.30. The molecule has 24 heavy (non-hydrogen) atoms. The van der Waals surface area contributed by atoms with E-state index in [4.69, 9.17) is 0 Å². The molecule has 0 atom stereocenters. The van der Waals surface area contributed by atoms with E-state index >= 15 is 0 Å². The molecule has 1 aliphatic rings. The fourth-order valence-corrected chi connectivity index (χ4v) is 3.15. The van der Waals surface area contributed by atoms with Gasteiger partial charge < -0.3 is 15.5 Å². The predicted molar refractivity (Wildman–Crippen MR) is 114 cm³/mol. The van der Waals surface area contributed by atoms with Crippen molar-refractivity contribution in [2.75, 3.05) is 33.2 Å². The Balaban J connectivity index is 0.00000288. The van der Waals surface area contributed by atoms with Crippen LogP contribution in [0.4, 0.5) is 0 Å². The van der Waals surface area contributed by atoms with E-state index in [-0.39, 0.29) is 24.0 Å². The molecule has 1 heterocycles. The number of unbranched alkanes of at least 4 members (excludes halogenated alkanes) is 1. The third-order valence-electron chi connectivity index (χ3n) is 4.56. The van der Waals surface area contributed by atoms with Crippen LogP contribution >= 0.6 is 24.0 Å². The number of aliphatic imine (C=N–C) groups is 1. The minimum atomic E-state index is 0. The zero-order valence-electron chi connectivity index (χ0n) is 15.2. The number of benzene rings is 1. The van der Waals surface area contributed by atoms with Crippen molar-refractivity contribution >= 4 is 29.9 Å². The Labute approximate surface area is 164 Å². The van der Waals surface area contributed by atoms with Crippen molar-refractivity contribution in [2.45, 2.75) is 45.6 Å². The van der Waals surface area contributed by atoms with E-state index in [1.807, 2.05) is 7.05 Å². The Morgan fingerprint density at radius 2 is 1.79 bits per heavy atom. The van der Waals surface area contributed by atoms with E-state index in [0.29, 0.717) is 0 Å². The molecule has 1 aromatic rings. The van der Waals surface area contributed by atoms with Crippen LogP contribution in [0.2, 0.25) is 0 Å². The summed E-state index contributed by atoms with van der Waals surface area (Å²) in [7, 11) is 1.84. The Bertz CT molecular complexity index is 484. The van der Waals surface area contributed by atoms with Gasteiger partial charge in [0.1, 0.15) is 0 Å². The maximum Gasteiger partial charge on any atom is 0.191 e. The first-order valence-corrected chi connectivity index (χ1v) is 9.07. The lowest BCUT2D eigenvalue weighted by molar-refractivity contribution is 0.330. The Morgan fingerprint density at radius 1 is 1.08 bits per heavy atom. The van der Waals surface area contributed by atoms with Crippen LogP contribution in [-0.4, -0.2) is 44.1 Å². The molecule has 1 aromatic carbocycles. The molecule has 0 spiro atoms. The van der Waals surface area contributed by atoms with Gasteiger partial charge in [0.05, 0.1) is 0 Å². The van der Waals surface area contributed by atoms with Crippen molar-refractivity contribution in [3.8, 4) is 0 Å². The van der Waals surface area contributed by atoms with Crippen LogP contribution in [0.25, 0.3) is 0 Å². The Kier molecular flexibility index (Phi) is 11.1. The minimum Gasteiger partial charge on any atom is -0.356 e. The molecule has 1 aliphatic heterocycles. The van der Waals surface area contributed by atoms with Gasteiger partial charge in [-0.05, 0) is 62.9 Å². The first-order chi connectivity index (χ1) is 11.3. The summed E-state index contributed by atoms with van der Waals surface area (Å²) in [6.45, 7) is 7.87. The average molecular weight is 444 g/mol. The van der Waals surface area contributed by atoms with Gasteiger partial charge >= 0.3 is 0 Å². The fourth-order valence-electron chi connectivity index (χ4n) is 3.15. The molecule has 0 unspecified atom stereocenters. The van der Waals surface area contributed by atoms with Gasteiger partial charge in [-0.1, -0.05) is 31.2 Å². The van der Waals surface area contributed by atoms with Gasteiger partial charge in [-0.2, -0.15) is 0 Å². The molecule has 0 aliphatic carbocycles. The SMILES string of the molecule is CCc1ccccc1CNC(=NC)NCCCCN1CCCC1.I. The highest BCUT2D eigenvalue weighted by molar-refractivity contribution is 14.0. The van der Waals surface area contributed by atoms with Crippen molar-refractivity contribution in [1.82, 2.24) is 15.5 Å². The first-order valence-electron chi connectivity index (χ1n) is 9.07. The van der Waals surface area contributed by atoms with Gasteiger partial charge in [0.2, 0.25) is 0 Å². The molecule has 136 valence electrons. The van der Waals surface area contributed by atoms with Crippen molar-refractivity contribution in [2.24, 2.45) is 4.99 Å². The number of nitrogens with one attached hydrogen (secondary N) is 2. The minimum absolute atomic E-state index is 0. The van der Waals surface area contributed by atoms with Crippen LogP contribution in [0.1, 0.15) is 43.7 Å². The topological polar surface area (TPSA) is 39.7 Å². The highest BCUT2D eigenvalue weighted by Gasteiger charge is 2.10. The van der Waals surface area contributed by atoms with Gasteiger partial charge in [0.25, 0.3) is 0 Å². The van der Waals surface area contributed by atoms with E-state index in [2.05, 4.69) is 51.7 Å². The number of hydrogen-bond acceptors (Lipinski definition) is 2. The standard InChI is InChI=1S/C19H32N4.HI/c1-3-17-10-4-5-11-18(17)16-22-19(20-2)21-12-6-7-13-23-14-8-9-15-23;/h4-5,10-11H,3,6-9,12-16H2,1-2H3,(H2,20,21,22);1H. The summed E-state index contributed by atoms with van der Waals surface area (Å²) >= 11 is 0. The summed E-state index contributed by atoms with van der Waals surface area (Å²) in [5.41, 5.74) is 2.76. The van der Waals surface area contributed by atoms with Gasteiger partial charge in [-0.15, -0.1) is 24.0 Å². The van der Waals surface area contributed by atoms with E-state index < -0.39 is 0 Å². The van der Waals surface area contributed by atoms with Crippen molar-refractivity contribution < 1.29 is 0 Å². The summed E-state index contributed by atoms with van der Waals surface area (Å²) in [5.74, 6) is 0.900. The highest BCUT2D eigenvalue weighted by Crippen LogP contribution is 2.09. The predicted octanol–water partition coefficient (Wildman–Crippen LogP) is 3.41. The third kappa shape index (κ3) is 7.38. The number of nitrogens with zero attached hydrogens (tertiary/aromatic N) is 2. The summed E-state index contributed by atoms with van der Waals surface area (Å²) < 4.78 is 0. The molecule has 2 N–H and O–H groups in total. The Morgan fingerprint density at radius 3 is 2.46 bits per heavy atom. The zero-order chi connectivity index (χ0) is 16.3. The number of rotatable bonds is 8. The Hall–Kier alpha value is -0.820. The maximum absolute atomic E-state index is 4.32. The average Bonchev–Trinajstić information content (AvgIpc) is 3.11. The molecule has 5 heteroatoms. The molecule has 0 radical (unpaired) electrons. The number of guanidine groups is 1. The molecular weight excluding hydrogens is 411 g/mol. The lowest BCUT2D eigenvalue weighted by atomic mass is 10.1. The number of aryl methyl sites for hydroxylation is 1. The normalized spacial score (nSPS) is 15.2. The van der Waals surface area contributed by atoms with Crippen LogP contribution in [0.15, 0.2) is 29.3 Å². The quantitative estimate of drug-likeness (QED) is 0.280. The second kappa shape index (κ2) is 12.5. The lowest BCUT2D eigenvalue weighted by Gasteiger charge is -2.15. The summed E-state index contributed by atoms with van der Waals surface area (Å²) in [6, 6.07) is 8.60. The molecule has 1 saturated heterocycles. The van der Waals surface area contributed by atoms with Gasteiger partial charge in [0.15, 0.2) is 5.96 Å². The molecule has 0 amide bonds. The van der Waals surface area contributed by atoms with Crippen LogP contribution in [0.3, 0.4) is 0 Å². The number of halogens is 1. The fraction of sp³-hybridized carbons (Fsp3) is 0.632. The van der Waals surface area contributed by atoms with Gasteiger partial charge in [0, 0.05) is 20.1 Å². The van der Waals surface area contributed by atoms with Crippen molar-refractivity contribution in [3.63, 3.8) is 0 Å². The van der Waals surface area contributed by atoms with Crippen LogP contribution in [0.5, 0.6) is 0 Å². The molecular formula is C19H33IN4.